The monoisotopic (exact) mass is 260 g/mol. The summed E-state index contributed by atoms with van der Waals surface area (Å²) >= 11 is 3.43. The van der Waals surface area contributed by atoms with Crippen LogP contribution in [0, 0.1) is 17.2 Å². The van der Waals surface area contributed by atoms with Crippen LogP contribution in [0.15, 0.2) is 0 Å². The van der Waals surface area contributed by atoms with Crippen molar-refractivity contribution >= 4 is 15.9 Å². The average molecular weight is 261 g/mol. The van der Waals surface area contributed by atoms with E-state index >= 15 is 0 Å². The predicted molar refractivity (Wildman–Crippen MR) is 64.5 cm³/mol. The summed E-state index contributed by atoms with van der Waals surface area (Å²) in [5, 5.41) is 9.62. The molecule has 0 aliphatic carbocycles. The maximum Gasteiger partial charge on any atom is 0.0635 e. The Morgan fingerprint density at radius 3 is 2.50 bits per heavy atom. The van der Waals surface area contributed by atoms with Crippen molar-refractivity contribution in [3.8, 4) is 6.07 Å². The Hall–Kier alpha value is -0.0700. The largest absolute Gasteiger partial charge is 0.302 e. The van der Waals surface area contributed by atoms with Gasteiger partial charge in [-0.1, -0.05) is 29.8 Å². The topological polar surface area (TPSA) is 27.0 Å². The highest BCUT2D eigenvalue weighted by molar-refractivity contribution is 9.09. The van der Waals surface area contributed by atoms with Gasteiger partial charge in [0, 0.05) is 24.8 Å². The average Bonchev–Trinajstić information content (AvgIpc) is 2.13. The minimum Gasteiger partial charge on any atom is -0.302 e. The van der Waals surface area contributed by atoms with Crippen LogP contribution in [0.1, 0.15) is 33.1 Å². The number of unbranched alkanes of at least 4 members (excludes halogenated alkanes) is 1. The van der Waals surface area contributed by atoms with E-state index in [2.05, 4.69) is 40.7 Å². The van der Waals surface area contributed by atoms with Crippen LogP contribution >= 0.6 is 15.9 Å². The predicted octanol–water partition coefficient (Wildman–Crippen LogP) is 3.03. The molecule has 0 atom stereocenters. The summed E-state index contributed by atoms with van der Waals surface area (Å²) in [4.78, 5) is 2.40. The van der Waals surface area contributed by atoms with E-state index < -0.39 is 0 Å². The number of hydrogen-bond acceptors (Lipinski definition) is 2. The van der Waals surface area contributed by atoms with E-state index in [1.165, 1.54) is 12.8 Å². The quantitative estimate of drug-likeness (QED) is 0.496. The van der Waals surface area contributed by atoms with Gasteiger partial charge in [-0.3, -0.25) is 0 Å². The Kier molecular flexibility index (Phi) is 9.44. The zero-order valence-electron chi connectivity index (χ0n) is 9.30. The van der Waals surface area contributed by atoms with Gasteiger partial charge >= 0.3 is 0 Å². The first-order valence-electron chi connectivity index (χ1n) is 5.36. The molecular formula is C11H21BrN2. The molecule has 0 saturated heterocycles. The standard InChI is InChI=1S/C11H21BrN2/c1-11(2)10-14(9-5-7-13)8-4-3-6-12/h11H,3-6,8-10H2,1-2H3. The Morgan fingerprint density at radius 1 is 1.29 bits per heavy atom. The molecule has 0 aromatic rings. The number of nitriles is 1. The third kappa shape index (κ3) is 8.52. The highest BCUT2D eigenvalue weighted by Crippen LogP contribution is 2.03. The van der Waals surface area contributed by atoms with Crippen molar-refractivity contribution in [2.24, 2.45) is 5.92 Å². The van der Waals surface area contributed by atoms with Crippen molar-refractivity contribution in [1.82, 2.24) is 4.90 Å². The highest BCUT2D eigenvalue weighted by atomic mass is 79.9. The molecule has 0 aliphatic rings. The molecule has 0 radical (unpaired) electrons. The molecule has 0 bridgehead atoms. The summed E-state index contributed by atoms with van der Waals surface area (Å²) in [6.07, 6.45) is 3.10. The van der Waals surface area contributed by atoms with Gasteiger partial charge in [-0.05, 0) is 25.3 Å². The second kappa shape index (κ2) is 9.48. The lowest BCUT2D eigenvalue weighted by atomic mass is 10.2. The summed E-state index contributed by atoms with van der Waals surface area (Å²) in [6, 6.07) is 2.21. The Bertz CT molecular complexity index is 163. The molecule has 3 heteroatoms. The molecule has 0 unspecified atom stereocenters. The molecule has 2 nitrogen and oxygen atoms in total. The van der Waals surface area contributed by atoms with Gasteiger partial charge in [0.15, 0.2) is 0 Å². The summed E-state index contributed by atoms with van der Waals surface area (Å²) in [5.74, 6) is 0.692. The van der Waals surface area contributed by atoms with E-state index in [0.29, 0.717) is 12.3 Å². The van der Waals surface area contributed by atoms with Crippen molar-refractivity contribution in [3.63, 3.8) is 0 Å². The number of hydrogen-bond donors (Lipinski definition) is 0. The minimum absolute atomic E-state index is 0.654. The van der Waals surface area contributed by atoms with E-state index in [4.69, 9.17) is 5.26 Å². The third-order valence-electron chi connectivity index (χ3n) is 2.02. The van der Waals surface area contributed by atoms with Crippen LogP contribution in [0.2, 0.25) is 0 Å². The molecule has 82 valence electrons. The van der Waals surface area contributed by atoms with Crippen LogP contribution in [0.25, 0.3) is 0 Å². The van der Waals surface area contributed by atoms with Gasteiger partial charge in [0.1, 0.15) is 0 Å². The van der Waals surface area contributed by atoms with Crippen LogP contribution in [-0.2, 0) is 0 Å². The Labute approximate surface area is 96.4 Å². The van der Waals surface area contributed by atoms with Crippen LogP contribution in [-0.4, -0.2) is 29.9 Å². The van der Waals surface area contributed by atoms with Crippen molar-refractivity contribution in [1.29, 1.82) is 5.26 Å². The Morgan fingerprint density at radius 2 is 2.00 bits per heavy atom. The molecule has 0 aromatic carbocycles. The molecule has 0 spiro atoms. The zero-order valence-corrected chi connectivity index (χ0v) is 10.9. The van der Waals surface area contributed by atoms with Gasteiger partial charge in [-0.25, -0.2) is 0 Å². The third-order valence-corrected chi connectivity index (χ3v) is 2.58. The molecular weight excluding hydrogens is 240 g/mol. The van der Waals surface area contributed by atoms with E-state index in [1.807, 2.05) is 0 Å². The first-order chi connectivity index (χ1) is 6.70. The van der Waals surface area contributed by atoms with Crippen LogP contribution < -0.4 is 0 Å². The molecule has 0 fully saturated rings. The lowest BCUT2D eigenvalue weighted by molar-refractivity contribution is 0.246. The summed E-state index contributed by atoms with van der Waals surface area (Å²) in [6.45, 7) is 7.63. The zero-order chi connectivity index (χ0) is 10.8. The van der Waals surface area contributed by atoms with Crippen molar-refractivity contribution in [2.75, 3.05) is 25.0 Å². The van der Waals surface area contributed by atoms with E-state index in [1.54, 1.807) is 0 Å². The van der Waals surface area contributed by atoms with E-state index in [-0.39, 0.29) is 0 Å². The van der Waals surface area contributed by atoms with Gasteiger partial charge in [-0.15, -0.1) is 0 Å². The number of rotatable bonds is 8. The summed E-state index contributed by atoms with van der Waals surface area (Å²) in [7, 11) is 0. The van der Waals surface area contributed by atoms with Gasteiger partial charge < -0.3 is 4.90 Å². The normalized spacial score (nSPS) is 10.9. The van der Waals surface area contributed by atoms with E-state index in [0.717, 1.165) is 25.0 Å². The maximum atomic E-state index is 8.54. The fourth-order valence-corrected chi connectivity index (χ4v) is 1.85. The van der Waals surface area contributed by atoms with Crippen molar-refractivity contribution < 1.29 is 0 Å². The molecule has 0 N–H and O–H groups in total. The first-order valence-corrected chi connectivity index (χ1v) is 6.48. The fourth-order valence-electron chi connectivity index (χ4n) is 1.45. The van der Waals surface area contributed by atoms with Crippen LogP contribution in [0.3, 0.4) is 0 Å². The maximum absolute atomic E-state index is 8.54. The van der Waals surface area contributed by atoms with Gasteiger partial charge in [0.2, 0.25) is 0 Å². The molecule has 0 rings (SSSR count). The minimum atomic E-state index is 0.654. The summed E-state index contributed by atoms with van der Waals surface area (Å²) in [5.41, 5.74) is 0. The molecule has 14 heavy (non-hydrogen) atoms. The van der Waals surface area contributed by atoms with Crippen LogP contribution in [0.4, 0.5) is 0 Å². The number of nitrogens with zero attached hydrogens (tertiary/aromatic N) is 2. The van der Waals surface area contributed by atoms with Gasteiger partial charge in [0.25, 0.3) is 0 Å². The van der Waals surface area contributed by atoms with Gasteiger partial charge in [0.05, 0.1) is 6.07 Å². The molecule has 0 saturated carbocycles. The number of alkyl halides is 1. The molecule has 0 aromatic heterocycles. The molecule has 0 amide bonds. The lowest BCUT2D eigenvalue weighted by Gasteiger charge is -2.22. The van der Waals surface area contributed by atoms with E-state index in [9.17, 15) is 0 Å². The first kappa shape index (κ1) is 13.9. The second-order valence-corrected chi connectivity index (χ2v) is 4.79. The lowest BCUT2D eigenvalue weighted by Crippen LogP contribution is -2.29. The fraction of sp³-hybridized carbons (Fsp3) is 0.909. The van der Waals surface area contributed by atoms with Gasteiger partial charge in [-0.2, -0.15) is 5.26 Å². The van der Waals surface area contributed by atoms with Crippen molar-refractivity contribution in [3.05, 3.63) is 0 Å². The van der Waals surface area contributed by atoms with Crippen LogP contribution in [0.5, 0.6) is 0 Å². The molecule has 0 aliphatic heterocycles. The Balaban J connectivity index is 3.67. The summed E-state index contributed by atoms with van der Waals surface area (Å²) < 4.78 is 0. The molecule has 0 heterocycles. The highest BCUT2D eigenvalue weighted by Gasteiger charge is 2.05. The SMILES string of the molecule is CC(C)CN(CCC#N)CCCCBr. The van der Waals surface area contributed by atoms with Crippen molar-refractivity contribution in [2.45, 2.75) is 33.1 Å². The smallest absolute Gasteiger partial charge is 0.0635 e. The number of halogens is 1. The second-order valence-electron chi connectivity index (χ2n) is 4.00.